The van der Waals surface area contributed by atoms with E-state index in [2.05, 4.69) is 5.32 Å². The minimum atomic E-state index is -0.244. The number of benzene rings is 4. The van der Waals surface area contributed by atoms with E-state index in [1.165, 1.54) is 11.8 Å². The molecule has 0 aliphatic carbocycles. The van der Waals surface area contributed by atoms with Crippen molar-refractivity contribution in [1.29, 1.82) is 0 Å². The third-order valence-electron chi connectivity index (χ3n) is 5.27. The number of amides is 2. The molecule has 0 radical (unpaired) electrons. The molecule has 174 valence electrons. The number of nitrogens with zero attached hydrogens (tertiary/aromatic N) is 1. The van der Waals surface area contributed by atoms with Gasteiger partial charge in [-0.05, 0) is 54.6 Å². The Hall–Kier alpha value is -3.68. The van der Waals surface area contributed by atoms with Gasteiger partial charge in [0.25, 0.3) is 5.91 Å². The Kier molecular flexibility index (Phi) is 7.07. The predicted molar refractivity (Wildman–Crippen MR) is 142 cm³/mol. The first-order valence-electron chi connectivity index (χ1n) is 11.1. The third-order valence-corrected chi connectivity index (χ3v) is 7.38. The average molecular weight is 499 g/mol. The van der Waals surface area contributed by atoms with Crippen LogP contribution in [0.3, 0.4) is 0 Å². The van der Waals surface area contributed by atoms with Crippen LogP contribution in [0.5, 0.6) is 5.75 Å². The van der Waals surface area contributed by atoms with Crippen LogP contribution >= 0.6 is 23.5 Å². The first kappa shape index (κ1) is 23.1. The smallest absolute Gasteiger partial charge is 0.262 e. The van der Waals surface area contributed by atoms with Crippen LogP contribution in [0.25, 0.3) is 0 Å². The summed E-state index contributed by atoms with van der Waals surface area (Å²) in [5.74, 6) is 0.665. The SMILES string of the molecule is O=C(COc1ccccc1)Nc1cccc(SCC(=O)N2c3ccccc3Sc3ccccc32)c1. The highest BCUT2D eigenvalue weighted by Gasteiger charge is 2.27. The topological polar surface area (TPSA) is 58.6 Å². The number of carbonyl (C=O) groups excluding carboxylic acids is 2. The molecule has 1 heterocycles. The Balaban J connectivity index is 1.23. The lowest BCUT2D eigenvalue weighted by molar-refractivity contribution is -0.118. The van der Waals surface area contributed by atoms with Gasteiger partial charge in [0, 0.05) is 20.4 Å². The Morgan fingerprint density at radius 2 is 1.46 bits per heavy atom. The number of thioether (sulfide) groups is 1. The number of para-hydroxylation sites is 3. The van der Waals surface area contributed by atoms with E-state index in [4.69, 9.17) is 4.74 Å². The normalized spacial score (nSPS) is 11.8. The summed E-state index contributed by atoms with van der Waals surface area (Å²) in [5.41, 5.74) is 2.47. The lowest BCUT2D eigenvalue weighted by Gasteiger charge is -2.31. The lowest BCUT2D eigenvalue weighted by Crippen LogP contribution is -2.29. The summed E-state index contributed by atoms with van der Waals surface area (Å²) in [6.07, 6.45) is 0. The minimum absolute atomic E-state index is 0.000833. The van der Waals surface area contributed by atoms with Crippen LogP contribution in [0, 0.1) is 0 Å². The number of nitrogens with one attached hydrogen (secondary N) is 1. The molecule has 7 heteroatoms. The zero-order valence-corrected chi connectivity index (χ0v) is 20.4. The van der Waals surface area contributed by atoms with Gasteiger partial charge in [0.2, 0.25) is 5.91 Å². The minimum Gasteiger partial charge on any atom is -0.484 e. The fraction of sp³-hybridized carbons (Fsp3) is 0.0714. The molecule has 1 N–H and O–H groups in total. The Morgan fingerprint density at radius 3 is 2.17 bits per heavy atom. The number of carbonyl (C=O) groups is 2. The highest BCUT2D eigenvalue weighted by atomic mass is 32.2. The van der Waals surface area contributed by atoms with Gasteiger partial charge in [-0.1, -0.05) is 60.3 Å². The second kappa shape index (κ2) is 10.7. The van der Waals surface area contributed by atoms with Crippen molar-refractivity contribution in [1.82, 2.24) is 0 Å². The van der Waals surface area contributed by atoms with Gasteiger partial charge in [-0.2, -0.15) is 0 Å². The molecule has 0 spiro atoms. The number of ether oxygens (including phenoxy) is 1. The monoisotopic (exact) mass is 498 g/mol. The molecule has 35 heavy (non-hydrogen) atoms. The highest BCUT2D eigenvalue weighted by Crippen LogP contribution is 2.48. The average Bonchev–Trinajstić information content (AvgIpc) is 2.90. The molecule has 0 fully saturated rings. The summed E-state index contributed by atoms with van der Waals surface area (Å²) in [7, 11) is 0. The Labute approximate surface area is 212 Å². The van der Waals surface area contributed by atoms with Crippen LogP contribution in [0.4, 0.5) is 17.1 Å². The second-order valence-electron chi connectivity index (χ2n) is 7.73. The second-order valence-corrected chi connectivity index (χ2v) is 9.87. The lowest BCUT2D eigenvalue weighted by atomic mass is 10.2. The van der Waals surface area contributed by atoms with Gasteiger partial charge in [-0.25, -0.2) is 0 Å². The van der Waals surface area contributed by atoms with E-state index in [1.807, 2.05) is 91.0 Å². The molecule has 5 nitrogen and oxygen atoms in total. The van der Waals surface area contributed by atoms with Gasteiger partial charge in [0.05, 0.1) is 17.1 Å². The maximum absolute atomic E-state index is 13.4. The van der Waals surface area contributed by atoms with Crippen molar-refractivity contribution in [3.63, 3.8) is 0 Å². The van der Waals surface area contributed by atoms with Gasteiger partial charge in [-0.15, -0.1) is 11.8 Å². The summed E-state index contributed by atoms with van der Waals surface area (Å²) in [5, 5.41) is 2.85. The van der Waals surface area contributed by atoms with Gasteiger partial charge < -0.3 is 10.1 Å². The van der Waals surface area contributed by atoms with Crippen LogP contribution in [0.15, 0.2) is 118 Å². The number of fused-ring (bicyclic) bond motifs is 2. The third kappa shape index (κ3) is 5.53. The van der Waals surface area contributed by atoms with Crippen LogP contribution in [0.2, 0.25) is 0 Å². The van der Waals surface area contributed by atoms with Crippen molar-refractivity contribution in [3.8, 4) is 5.75 Å². The van der Waals surface area contributed by atoms with Gasteiger partial charge in [0.1, 0.15) is 5.75 Å². The Bertz CT molecular complexity index is 1320. The Morgan fingerprint density at radius 1 is 0.800 bits per heavy atom. The molecule has 0 saturated carbocycles. The van der Waals surface area contributed by atoms with E-state index in [-0.39, 0.29) is 24.2 Å². The quantitative estimate of drug-likeness (QED) is 0.290. The molecule has 4 aromatic carbocycles. The van der Waals surface area contributed by atoms with E-state index in [1.54, 1.807) is 28.8 Å². The number of hydrogen-bond donors (Lipinski definition) is 1. The molecule has 0 aromatic heterocycles. The molecule has 4 aromatic rings. The summed E-state index contributed by atoms with van der Waals surface area (Å²) < 4.78 is 5.50. The summed E-state index contributed by atoms with van der Waals surface area (Å²) in [4.78, 5) is 30.5. The molecule has 2 amide bonds. The fourth-order valence-electron chi connectivity index (χ4n) is 3.71. The molecule has 1 aliphatic heterocycles. The van der Waals surface area contributed by atoms with Gasteiger partial charge in [-0.3, -0.25) is 14.5 Å². The molecule has 0 unspecified atom stereocenters. The molecule has 5 rings (SSSR count). The van der Waals surface area contributed by atoms with Crippen LogP contribution in [-0.4, -0.2) is 24.2 Å². The standard InChI is InChI=1S/C28H22N2O3S2/c31-27(18-33-21-10-2-1-3-11-21)29-20-9-8-12-22(17-20)34-19-28(32)30-23-13-4-6-15-25(23)35-26-16-7-5-14-24(26)30/h1-17H,18-19H2,(H,29,31). The maximum atomic E-state index is 13.4. The summed E-state index contributed by atoms with van der Waals surface area (Å²) in [6, 6.07) is 32.6. The number of rotatable bonds is 7. The van der Waals surface area contributed by atoms with E-state index < -0.39 is 0 Å². The van der Waals surface area contributed by atoms with Crippen molar-refractivity contribution in [2.24, 2.45) is 0 Å². The fourth-order valence-corrected chi connectivity index (χ4v) is 5.57. The molecule has 1 aliphatic rings. The molecular formula is C28H22N2O3S2. The summed E-state index contributed by atoms with van der Waals surface area (Å²) in [6.45, 7) is -0.0777. The van der Waals surface area contributed by atoms with E-state index in [0.717, 1.165) is 26.1 Å². The van der Waals surface area contributed by atoms with Crippen molar-refractivity contribution in [2.75, 3.05) is 22.6 Å². The van der Waals surface area contributed by atoms with Crippen molar-refractivity contribution >= 4 is 52.4 Å². The van der Waals surface area contributed by atoms with Crippen LogP contribution in [0.1, 0.15) is 0 Å². The van der Waals surface area contributed by atoms with E-state index in [9.17, 15) is 9.59 Å². The van der Waals surface area contributed by atoms with E-state index in [0.29, 0.717) is 11.4 Å². The van der Waals surface area contributed by atoms with Crippen LogP contribution in [-0.2, 0) is 9.59 Å². The first-order chi connectivity index (χ1) is 17.2. The summed E-state index contributed by atoms with van der Waals surface area (Å²) >= 11 is 3.12. The van der Waals surface area contributed by atoms with Gasteiger partial charge >= 0.3 is 0 Å². The zero-order chi connectivity index (χ0) is 24.0. The molecular weight excluding hydrogens is 476 g/mol. The largest absolute Gasteiger partial charge is 0.484 e. The molecule has 0 atom stereocenters. The zero-order valence-electron chi connectivity index (χ0n) is 18.7. The van der Waals surface area contributed by atoms with Gasteiger partial charge in [0.15, 0.2) is 6.61 Å². The van der Waals surface area contributed by atoms with Crippen molar-refractivity contribution in [3.05, 3.63) is 103 Å². The van der Waals surface area contributed by atoms with Crippen molar-refractivity contribution in [2.45, 2.75) is 14.7 Å². The number of hydrogen-bond acceptors (Lipinski definition) is 5. The molecule has 0 bridgehead atoms. The predicted octanol–water partition coefficient (Wildman–Crippen LogP) is 6.63. The first-order valence-corrected chi connectivity index (χ1v) is 12.9. The number of anilines is 3. The highest BCUT2D eigenvalue weighted by molar-refractivity contribution is 8.00. The van der Waals surface area contributed by atoms with Crippen LogP contribution < -0.4 is 15.0 Å². The maximum Gasteiger partial charge on any atom is 0.262 e. The van der Waals surface area contributed by atoms with E-state index >= 15 is 0 Å². The van der Waals surface area contributed by atoms with Crippen molar-refractivity contribution < 1.29 is 14.3 Å². The molecule has 0 saturated heterocycles.